The van der Waals surface area contributed by atoms with Crippen LogP contribution in [0.25, 0.3) is 0 Å². The molecule has 2 aliphatic rings. The molecule has 1 aromatic rings. The molecule has 21 heavy (non-hydrogen) atoms. The van der Waals surface area contributed by atoms with Crippen molar-refractivity contribution in [1.82, 2.24) is 5.32 Å². The fourth-order valence-electron chi connectivity index (χ4n) is 3.41. The second kappa shape index (κ2) is 6.37. The van der Waals surface area contributed by atoms with Gasteiger partial charge in [-0.15, -0.1) is 0 Å². The lowest BCUT2D eigenvalue weighted by atomic mass is 9.87. The van der Waals surface area contributed by atoms with Gasteiger partial charge in [0.15, 0.2) is 0 Å². The molecule has 3 rings (SSSR count). The molecule has 0 aliphatic heterocycles. The van der Waals surface area contributed by atoms with Gasteiger partial charge in [-0.2, -0.15) is 0 Å². The minimum Gasteiger partial charge on any atom is -0.393 e. The van der Waals surface area contributed by atoms with E-state index >= 15 is 0 Å². The van der Waals surface area contributed by atoms with E-state index in [9.17, 15) is 9.90 Å². The van der Waals surface area contributed by atoms with E-state index in [0.29, 0.717) is 18.4 Å². The van der Waals surface area contributed by atoms with E-state index in [0.717, 1.165) is 42.7 Å². The first-order valence-corrected chi connectivity index (χ1v) is 8.22. The molecule has 0 heterocycles. The predicted octanol–water partition coefficient (Wildman–Crippen LogP) is 3.11. The van der Waals surface area contributed by atoms with Crippen LogP contribution in [0.5, 0.6) is 0 Å². The second-order valence-corrected chi connectivity index (χ2v) is 6.87. The van der Waals surface area contributed by atoms with Crippen LogP contribution in [-0.4, -0.2) is 23.7 Å². The van der Waals surface area contributed by atoms with E-state index in [1.807, 2.05) is 24.3 Å². The molecule has 1 aromatic carbocycles. The Balaban J connectivity index is 1.47. The van der Waals surface area contributed by atoms with E-state index in [1.165, 1.54) is 0 Å². The largest absolute Gasteiger partial charge is 0.393 e. The Bertz CT molecular complexity index is 519. The number of aliphatic hydroxyl groups is 1. The van der Waals surface area contributed by atoms with Gasteiger partial charge in [0.25, 0.3) is 0 Å². The molecule has 0 aromatic heterocycles. The maximum absolute atomic E-state index is 12.2. The Morgan fingerprint density at radius 2 is 2.19 bits per heavy atom. The third kappa shape index (κ3) is 3.78. The van der Waals surface area contributed by atoms with Gasteiger partial charge in [-0.05, 0) is 55.2 Å². The molecular formula is C17H22ClNO2. The Morgan fingerprint density at radius 3 is 2.95 bits per heavy atom. The van der Waals surface area contributed by atoms with Crippen molar-refractivity contribution in [2.75, 3.05) is 6.54 Å². The van der Waals surface area contributed by atoms with E-state index < -0.39 is 0 Å². The van der Waals surface area contributed by atoms with Gasteiger partial charge >= 0.3 is 0 Å². The quantitative estimate of drug-likeness (QED) is 0.898. The molecule has 0 spiro atoms. The summed E-state index contributed by atoms with van der Waals surface area (Å²) in [6, 6.07) is 7.80. The lowest BCUT2D eigenvalue weighted by Crippen LogP contribution is -2.34. The first-order valence-electron chi connectivity index (χ1n) is 7.84. The summed E-state index contributed by atoms with van der Waals surface area (Å²) in [6.07, 6.45) is 4.64. The van der Waals surface area contributed by atoms with Crippen LogP contribution in [0, 0.1) is 11.8 Å². The van der Waals surface area contributed by atoms with Crippen LogP contribution >= 0.6 is 11.6 Å². The van der Waals surface area contributed by atoms with Crippen molar-refractivity contribution in [2.24, 2.45) is 11.8 Å². The first-order chi connectivity index (χ1) is 10.1. The monoisotopic (exact) mass is 307 g/mol. The number of amides is 1. The number of hydrogen-bond donors (Lipinski definition) is 2. The van der Waals surface area contributed by atoms with Crippen LogP contribution in [0.15, 0.2) is 24.3 Å². The van der Waals surface area contributed by atoms with Gasteiger partial charge in [0, 0.05) is 17.5 Å². The fourth-order valence-corrected chi connectivity index (χ4v) is 3.61. The molecule has 114 valence electrons. The molecule has 4 heteroatoms. The van der Waals surface area contributed by atoms with Crippen LogP contribution in [0.1, 0.15) is 43.6 Å². The van der Waals surface area contributed by atoms with Gasteiger partial charge in [0.05, 0.1) is 6.10 Å². The minimum absolute atomic E-state index is 0.0944. The summed E-state index contributed by atoms with van der Waals surface area (Å²) in [5, 5.41) is 13.5. The van der Waals surface area contributed by atoms with Gasteiger partial charge in [-0.1, -0.05) is 30.2 Å². The zero-order valence-electron chi connectivity index (χ0n) is 12.1. The first kappa shape index (κ1) is 14.9. The van der Waals surface area contributed by atoms with Gasteiger partial charge in [0.2, 0.25) is 5.91 Å². The number of hydrogen-bond acceptors (Lipinski definition) is 2. The van der Waals surface area contributed by atoms with Gasteiger partial charge < -0.3 is 10.4 Å². The van der Waals surface area contributed by atoms with Gasteiger partial charge in [0.1, 0.15) is 0 Å². The van der Waals surface area contributed by atoms with Crippen LogP contribution in [0.2, 0.25) is 5.02 Å². The van der Waals surface area contributed by atoms with Crippen LogP contribution < -0.4 is 5.32 Å². The zero-order chi connectivity index (χ0) is 14.8. The molecule has 2 fully saturated rings. The summed E-state index contributed by atoms with van der Waals surface area (Å²) < 4.78 is 0. The van der Waals surface area contributed by atoms with Crippen molar-refractivity contribution in [2.45, 2.75) is 44.1 Å². The molecule has 2 saturated carbocycles. The van der Waals surface area contributed by atoms with Crippen molar-refractivity contribution >= 4 is 17.5 Å². The van der Waals surface area contributed by atoms with Crippen molar-refractivity contribution < 1.29 is 9.90 Å². The molecule has 4 atom stereocenters. The van der Waals surface area contributed by atoms with Crippen molar-refractivity contribution in [3.63, 3.8) is 0 Å². The molecule has 2 aliphatic carbocycles. The molecular weight excluding hydrogens is 286 g/mol. The summed E-state index contributed by atoms with van der Waals surface area (Å²) in [7, 11) is 0. The number of benzene rings is 1. The molecule has 0 bridgehead atoms. The number of carbonyl (C=O) groups is 1. The summed E-state index contributed by atoms with van der Waals surface area (Å²) in [4.78, 5) is 12.2. The molecule has 0 saturated heterocycles. The Hall–Kier alpha value is -1.06. The third-order valence-electron chi connectivity index (χ3n) is 4.72. The number of aliphatic hydroxyl groups excluding tert-OH is 1. The maximum Gasteiger partial charge on any atom is 0.223 e. The number of carbonyl (C=O) groups excluding carboxylic acids is 1. The fraction of sp³-hybridized carbons (Fsp3) is 0.588. The smallest absolute Gasteiger partial charge is 0.223 e. The maximum atomic E-state index is 12.2. The lowest BCUT2D eigenvalue weighted by Gasteiger charge is -2.25. The van der Waals surface area contributed by atoms with Crippen LogP contribution in [-0.2, 0) is 4.79 Å². The Labute approximate surface area is 130 Å². The van der Waals surface area contributed by atoms with Crippen LogP contribution in [0.4, 0.5) is 0 Å². The molecule has 3 nitrogen and oxygen atoms in total. The lowest BCUT2D eigenvalue weighted by molar-refractivity contribution is -0.122. The van der Waals surface area contributed by atoms with E-state index in [2.05, 4.69) is 5.32 Å². The summed E-state index contributed by atoms with van der Waals surface area (Å²) in [5.74, 6) is 0.999. The van der Waals surface area contributed by atoms with Crippen LogP contribution in [0.3, 0.4) is 0 Å². The predicted molar refractivity (Wildman–Crippen MR) is 83.3 cm³/mol. The van der Waals surface area contributed by atoms with Gasteiger partial charge in [-0.3, -0.25) is 4.79 Å². The minimum atomic E-state index is -0.180. The highest BCUT2D eigenvalue weighted by Gasteiger charge is 2.43. The van der Waals surface area contributed by atoms with Crippen molar-refractivity contribution in [1.29, 1.82) is 0 Å². The van der Waals surface area contributed by atoms with E-state index in [1.54, 1.807) is 0 Å². The third-order valence-corrected chi connectivity index (χ3v) is 4.96. The molecule has 4 unspecified atom stereocenters. The highest BCUT2D eigenvalue weighted by atomic mass is 35.5. The molecule has 2 N–H and O–H groups in total. The summed E-state index contributed by atoms with van der Waals surface area (Å²) in [5.41, 5.74) is 1.16. The van der Waals surface area contributed by atoms with E-state index in [4.69, 9.17) is 11.6 Å². The highest BCUT2D eigenvalue weighted by molar-refractivity contribution is 6.30. The average Bonchev–Trinajstić information content (AvgIpc) is 3.25. The summed E-state index contributed by atoms with van der Waals surface area (Å²) >= 11 is 6.00. The number of rotatable bonds is 4. The Kier molecular flexibility index (Phi) is 4.51. The summed E-state index contributed by atoms with van der Waals surface area (Å²) in [6.45, 7) is 0.703. The SMILES string of the molecule is O=C(NCC1CCCC(O)C1)C1CC1c1cccc(Cl)c1. The van der Waals surface area contributed by atoms with Gasteiger partial charge in [-0.25, -0.2) is 0 Å². The standard InChI is InChI=1S/C17H22ClNO2/c18-13-5-2-4-12(8-13)15-9-16(15)17(21)19-10-11-3-1-6-14(20)7-11/h2,4-5,8,11,14-16,20H,1,3,6-7,9-10H2,(H,19,21). The second-order valence-electron chi connectivity index (χ2n) is 6.44. The topological polar surface area (TPSA) is 49.3 Å². The number of nitrogens with one attached hydrogen (secondary N) is 1. The normalized spacial score (nSPS) is 31.7. The Morgan fingerprint density at radius 1 is 1.33 bits per heavy atom. The molecule has 0 radical (unpaired) electrons. The van der Waals surface area contributed by atoms with E-state index in [-0.39, 0.29) is 17.9 Å². The van der Waals surface area contributed by atoms with Crippen molar-refractivity contribution in [3.8, 4) is 0 Å². The zero-order valence-corrected chi connectivity index (χ0v) is 12.9. The highest BCUT2D eigenvalue weighted by Crippen LogP contribution is 2.47. The average molecular weight is 308 g/mol. The number of halogens is 1. The van der Waals surface area contributed by atoms with Crippen molar-refractivity contribution in [3.05, 3.63) is 34.9 Å². The molecule has 1 amide bonds.